The van der Waals surface area contributed by atoms with Crippen LogP contribution in [-0.2, 0) is 9.59 Å². The molecule has 6 nitrogen and oxygen atoms in total. The lowest BCUT2D eigenvalue weighted by atomic mass is 9.79. The highest BCUT2D eigenvalue weighted by atomic mass is 16.5. The molecule has 3 N–H and O–H groups in total. The normalized spacial score (nSPS) is 15.9. The molecule has 6 heteroatoms. The Balaban J connectivity index is 1.75. The van der Waals surface area contributed by atoms with Gasteiger partial charge in [-0.2, -0.15) is 0 Å². The fourth-order valence-electron chi connectivity index (χ4n) is 3.47. The molecule has 26 heavy (non-hydrogen) atoms. The highest BCUT2D eigenvalue weighted by Gasteiger charge is 2.34. The van der Waals surface area contributed by atoms with Crippen molar-refractivity contribution in [2.45, 2.75) is 63.8 Å². The Morgan fingerprint density at radius 1 is 1.12 bits per heavy atom. The summed E-state index contributed by atoms with van der Waals surface area (Å²) in [5.74, 6) is 0.252. The van der Waals surface area contributed by atoms with E-state index in [2.05, 4.69) is 5.32 Å². The van der Waals surface area contributed by atoms with Crippen molar-refractivity contribution in [3.05, 3.63) is 29.8 Å². The lowest BCUT2D eigenvalue weighted by Crippen LogP contribution is -2.51. The molecule has 2 rings (SSSR count). The average molecular weight is 360 g/mol. The Labute approximate surface area is 154 Å². The summed E-state index contributed by atoms with van der Waals surface area (Å²) in [7, 11) is 0. The van der Waals surface area contributed by atoms with Crippen LogP contribution in [0.4, 0.5) is 0 Å². The maximum atomic E-state index is 12.3. The number of benzene rings is 1. The predicted octanol–water partition coefficient (Wildman–Crippen LogP) is 2.74. The SMILES string of the molecule is CC(=O)c1ccc(OCCCC(=O)NC2(CC(N)=O)CCCCC2)cc1. The number of Topliss-reactive ketones (excluding diaryl/α,β-unsaturated/α-hetero) is 1. The minimum Gasteiger partial charge on any atom is -0.494 e. The fourth-order valence-corrected chi connectivity index (χ4v) is 3.47. The molecule has 142 valence electrons. The van der Waals surface area contributed by atoms with Crippen molar-refractivity contribution in [3.8, 4) is 5.75 Å². The minimum absolute atomic E-state index is 0.0147. The molecule has 0 aliphatic heterocycles. The third-order valence-corrected chi connectivity index (χ3v) is 4.81. The molecule has 0 atom stereocenters. The van der Waals surface area contributed by atoms with E-state index in [1.165, 1.54) is 6.92 Å². The maximum Gasteiger partial charge on any atom is 0.220 e. The lowest BCUT2D eigenvalue weighted by Gasteiger charge is -2.37. The molecule has 0 heterocycles. The highest BCUT2D eigenvalue weighted by molar-refractivity contribution is 5.94. The van der Waals surface area contributed by atoms with Crippen molar-refractivity contribution >= 4 is 17.6 Å². The molecule has 0 radical (unpaired) electrons. The van der Waals surface area contributed by atoms with Gasteiger partial charge in [-0.1, -0.05) is 19.3 Å². The molecule has 1 aliphatic rings. The van der Waals surface area contributed by atoms with Crippen molar-refractivity contribution in [2.75, 3.05) is 6.61 Å². The van der Waals surface area contributed by atoms with E-state index in [0.29, 0.717) is 30.8 Å². The summed E-state index contributed by atoms with van der Waals surface area (Å²) < 4.78 is 5.61. The van der Waals surface area contributed by atoms with Gasteiger partial charge in [0.1, 0.15) is 5.75 Å². The van der Waals surface area contributed by atoms with Crippen LogP contribution in [0, 0.1) is 0 Å². The number of hydrogen-bond donors (Lipinski definition) is 2. The molecule has 0 aromatic heterocycles. The second kappa shape index (κ2) is 9.36. The van der Waals surface area contributed by atoms with Crippen molar-refractivity contribution in [2.24, 2.45) is 5.73 Å². The van der Waals surface area contributed by atoms with E-state index in [1.807, 2.05) is 0 Å². The first-order valence-electron chi connectivity index (χ1n) is 9.23. The molecule has 1 aromatic carbocycles. The number of carbonyl (C=O) groups excluding carboxylic acids is 3. The zero-order chi connectivity index (χ0) is 19.0. The van der Waals surface area contributed by atoms with Gasteiger partial charge in [-0.25, -0.2) is 0 Å². The Kier molecular flexibility index (Phi) is 7.18. The van der Waals surface area contributed by atoms with Gasteiger partial charge in [0, 0.05) is 23.9 Å². The van der Waals surface area contributed by atoms with E-state index in [4.69, 9.17) is 10.5 Å². The van der Waals surface area contributed by atoms with E-state index in [1.54, 1.807) is 24.3 Å². The molecule has 0 bridgehead atoms. The lowest BCUT2D eigenvalue weighted by molar-refractivity contribution is -0.125. The van der Waals surface area contributed by atoms with E-state index >= 15 is 0 Å². The summed E-state index contributed by atoms with van der Waals surface area (Å²) in [5.41, 5.74) is 5.54. The molecular formula is C20H28N2O4. The fraction of sp³-hybridized carbons (Fsp3) is 0.550. The number of nitrogens with one attached hydrogen (secondary N) is 1. The molecule has 1 fully saturated rings. The van der Waals surface area contributed by atoms with Gasteiger partial charge in [-0.15, -0.1) is 0 Å². The topological polar surface area (TPSA) is 98.5 Å². The number of primary amides is 1. The van der Waals surface area contributed by atoms with Gasteiger partial charge < -0.3 is 15.8 Å². The molecule has 1 saturated carbocycles. The van der Waals surface area contributed by atoms with Crippen LogP contribution >= 0.6 is 0 Å². The van der Waals surface area contributed by atoms with Crippen LogP contribution in [0.25, 0.3) is 0 Å². The highest BCUT2D eigenvalue weighted by Crippen LogP contribution is 2.31. The largest absolute Gasteiger partial charge is 0.494 e. The molecule has 0 saturated heterocycles. The van der Waals surface area contributed by atoms with E-state index in [9.17, 15) is 14.4 Å². The zero-order valence-electron chi connectivity index (χ0n) is 15.4. The maximum absolute atomic E-state index is 12.3. The minimum atomic E-state index is -0.468. The van der Waals surface area contributed by atoms with Crippen molar-refractivity contribution in [1.82, 2.24) is 5.32 Å². The van der Waals surface area contributed by atoms with Gasteiger partial charge in [0.05, 0.1) is 6.61 Å². The molecule has 1 aliphatic carbocycles. The first-order chi connectivity index (χ1) is 12.4. The Morgan fingerprint density at radius 2 is 1.77 bits per heavy atom. The van der Waals surface area contributed by atoms with Gasteiger partial charge >= 0.3 is 0 Å². The summed E-state index contributed by atoms with van der Waals surface area (Å²) in [5, 5.41) is 3.05. The van der Waals surface area contributed by atoms with Crippen LogP contribution in [0.2, 0.25) is 0 Å². The van der Waals surface area contributed by atoms with E-state index < -0.39 is 5.54 Å². The van der Waals surface area contributed by atoms with Crippen LogP contribution in [-0.4, -0.2) is 29.7 Å². The summed E-state index contributed by atoms with van der Waals surface area (Å²) in [6.45, 7) is 1.93. The predicted molar refractivity (Wildman–Crippen MR) is 98.9 cm³/mol. The van der Waals surface area contributed by atoms with Crippen LogP contribution in [0.1, 0.15) is 68.6 Å². The van der Waals surface area contributed by atoms with Crippen LogP contribution in [0.5, 0.6) is 5.75 Å². The molecular weight excluding hydrogens is 332 g/mol. The Bertz CT molecular complexity index is 634. The molecule has 2 amide bonds. The number of ether oxygens (including phenoxy) is 1. The number of ketones is 1. The first kappa shape index (κ1) is 19.9. The second-order valence-corrected chi connectivity index (χ2v) is 7.06. The summed E-state index contributed by atoms with van der Waals surface area (Å²) >= 11 is 0. The smallest absolute Gasteiger partial charge is 0.220 e. The average Bonchev–Trinajstić information content (AvgIpc) is 2.59. The Hall–Kier alpha value is -2.37. The van der Waals surface area contributed by atoms with E-state index in [0.717, 1.165) is 32.1 Å². The molecule has 1 aromatic rings. The third-order valence-electron chi connectivity index (χ3n) is 4.81. The van der Waals surface area contributed by atoms with Crippen molar-refractivity contribution in [1.29, 1.82) is 0 Å². The number of rotatable bonds is 9. The Morgan fingerprint density at radius 3 is 2.35 bits per heavy atom. The standard InChI is InChI=1S/C20H28N2O4/c1-15(23)16-7-9-17(10-8-16)26-13-5-6-19(25)22-20(14-18(21)24)11-3-2-4-12-20/h7-10H,2-6,11-14H2,1H3,(H2,21,24)(H,22,25). The van der Waals surface area contributed by atoms with Crippen LogP contribution < -0.4 is 15.8 Å². The summed E-state index contributed by atoms with van der Waals surface area (Å²) in [6.07, 6.45) is 5.88. The monoisotopic (exact) mass is 360 g/mol. The third kappa shape index (κ3) is 6.17. The summed E-state index contributed by atoms with van der Waals surface area (Å²) in [6, 6.07) is 6.95. The number of amides is 2. The van der Waals surface area contributed by atoms with E-state index in [-0.39, 0.29) is 24.0 Å². The molecule has 0 spiro atoms. The van der Waals surface area contributed by atoms with Gasteiger partial charge in [0.15, 0.2) is 5.78 Å². The first-order valence-corrected chi connectivity index (χ1v) is 9.23. The van der Waals surface area contributed by atoms with Gasteiger partial charge in [0.2, 0.25) is 11.8 Å². The number of hydrogen-bond acceptors (Lipinski definition) is 4. The van der Waals surface area contributed by atoms with Crippen molar-refractivity contribution < 1.29 is 19.1 Å². The second-order valence-electron chi connectivity index (χ2n) is 7.06. The van der Waals surface area contributed by atoms with Crippen LogP contribution in [0.3, 0.4) is 0 Å². The quantitative estimate of drug-likeness (QED) is 0.522. The van der Waals surface area contributed by atoms with Gasteiger partial charge in [0.25, 0.3) is 0 Å². The van der Waals surface area contributed by atoms with Crippen molar-refractivity contribution in [3.63, 3.8) is 0 Å². The van der Waals surface area contributed by atoms with Gasteiger partial charge in [-0.3, -0.25) is 14.4 Å². The van der Waals surface area contributed by atoms with Crippen LogP contribution in [0.15, 0.2) is 24.3 Å². The summed E-state index contributed by atoms with van der Waals surface area (Å²) in [4.78, 5) is 34.9. The number of nitrogens with two attached hydrogens (primary N) is 1. The van der Waals surface area contributed by atoms with Gasteiger partial charge in [-0.05, 0) is 50.5 Å². The number of carbonyl (C=O) groups is 3. The molecule has 0 unspecified atom stereocenters. The zero-order valence-corrected chi connectivity index (χ0v) is 15.4.